The van der Waals surface area contributed by atoms with Crippen LogP contribution in [-0.2, 0) is 4.79 Å². The van der Waals surface area contributed by atoms with Crippen molar-refractivity contribution in [1.82, 2.24) is 5.01 Å². The van der Waals surface area contributed by atoms with Gasteiger partial charge in [0.1, 0.15) is 5.75 Å². The zero-order valence-corrected chi connectivity index (χ0v) is 17.7. The summed E-state index contributed by atoms with van der Waals surface area (Å²) in [5.41, 5.74) is 1.72. The highest BCUT2D eigenvalue weighted by Crippen LogP contribution is 2.35. The third-order valence-electron chi connectivity index (χ3n) is 4.43. The predicted octanol–water partition coefficient (Wildman–Crippen LogP) is 5.73. The van der Waals surface area contributed by atoms with Gasteiger partial charge >= 0.3 is 0 Å². The Labute approximate surface area is 174 Å². The van der Waals surface area contributed by atoms with Crippen LogP contribution in [0.3, 0.4) is 0 Å². The van der Waals surface area contributed by atoms with Gasteiger partial charge in [0, 0.05) is 4.47 Å². The molecular formula is C21H16Br2N2O2. The van der Waals surface area contributed by atoms with Crippen molar-refractivity contribution in [3.63, 3.8) is 0 Å². The molecule has 4 nitrogen and oxygen atoms in total. The molecule has 3 aromatic carbocycles. The molecule has 1 aliphatic rings. The second kappa shape index (κ2) is 7.44. The molecule has 1 atom stereocenters. The van der Waals surface area contributed by atoms with Crippen LogP contribution in [0.2, 0.25) is 0 Å². The molecule has 1 heterocycles. The average molecular weight is 488 g/mol. The number of rotatable bonds is 4. The third kappa shape index (κ3) is 3.64. The maximum Gasteiger partial charge on any atom is 0.252 e. The van der Waals surface area contributed by atoms with E-state index in [0.717, 1.165) is 31.0 Å². The first kappa shape index (κ1) is 18.2. The molecule has 1 aliphatic heterocycles. The van der Waals surface area contributed by atoms with E-state index in [1.165, 1.54) is 5.01 Å². The molecular weight excluding hydrogens is 472 g/mol. The van der Waals surface area contributed by atoms with Crippen LogP contribution in [-0.4, -0.2) is 22.9 Å². The van der Waals surface area contributed by atoms with Crippen LogP contribution in [0, 0.1) is 0 Å². The number of hydrogen-bond acceptors (Lipinski definition) is 3. The van der Waals surface area contributed by atoms with Crippen molar-refractivity contribution in [3.05, 3.63) is 75.2 Å². The number of nitrogens with zero attached hydrogens (tertiary/aromatic N) is 2. The Balaban J connectivity index is 1.59. The lowest BCUT2D eigenvalue weighted by Crippen LogP contribution is -2.35. The van der Waals surface area contributed by atoms with Crippen molar-refractivity contribution in [3.8, 4) is 5.75 Å². The Morgan fingerprint density at radius 1 is 1.07 bits per heavy atom. The lowest BCUT2D eigenvalue weighted by Gasteiger charge is -2.22. The van der Waals surface area contributed by atoms with Crippen LogP contribution in [0.15, 0.2) is 74.7 Å². The highest BCUT2D eigenvalue weighted by molar-refractivity contribution is 9.11. The Kier molecular flexibility index (Phi) is 5.02. The lowest BCUT2D eigenvalue weighted by molar-refractivity contribution is -0.135. The SMILES string of the molecule is CC(Oc1ccc2cc(Br)ccc2c1Br)N1N=C(c2ccccc2)CC1=O. The molecule has 0 radical (unpaired) electrons. The molecule has 0 N–H and O–H groups in total. The van der Waals surface area contributed by atoms with Gasteiger partial charge in [0.05, 0.1) is 16.6 Å². The summed E-state index contributed by atoms with van der Waals surface area (Å²) in [6.07, 6.45) is -0.229. The second-order valence-corrected chi connectivity index (χ2v) is 8.00. The molecule has 0 aromatic heterocycles. The number of carbonyl (C=O) groups excluding carboxylic acids is 1. The highest BCUT2D eigenvalue weighted by atomic mass is 79.9. The molecule has 0 aliphatic carbocycles. The number of halogens is 2. The molecule has 0 saturated carbocycles. The third-order valence-corrected chi connectivity index (χ3v) is 5.74. The van der Waals surface area contributed by atoms with Gasteiger partial charge in [0.15, 0.2) is 6.23 Å². The molecule has 0 bridgehead atoms. The Bertz CT molecular complexity index is 1050. The molecule has 6 heteroatoms. The lowest BCUT2D eigenvalue weighted by atomic mass is 10.1. The number of benzene rings is 3. The van der Waals surface area contributed by atoms with Gasteiger partial charge in [-0.05, 0) is 57.4 Å². The van der Waals surface area contributed by atoms with Gasteiger partial charge < -0.3 is 4.74 Å². The minimum atomic E-state index is -0.511. The van der Waals surface area contributed by atoms with Gasteiger partial charge in [0.2, 0.25) is 0 Å². The molecule has 1 amide bonds. The van der Waals surface area contributed by atoms with Crippen molar-refractivity contribution in [2.75, 3.05) is 0 Å². The fraction of sp³-hybridized carbons (Fsp3) is 0.143. The summed E-state index contributed by atoms with van der Waals surface area (Å²) in [7, 11) is 0. The largest absolute Gasteiger partial charge is 0.468 e. The zero-order valence-electron chi connectivity index (χ0n) is 14.5. The van der Waals surface area contributed by atoms with Crippen LogP contribution in [0.4, 0.5) is 0 Å². The minimum absolute atomic E-state index is 0.0674. The summed E-state index contributed by atoms with van der Waals surface area (Å²) in [4.78, 5) is 12.4. The van der Waals surface area contributed by atoms with Crippen LogP contribution in [0.5, 0.6) is 5.75 Å². The van der Waals surface area contributed by atoms with Crippen molar-refractivity contribution in [1.29, 1.82) is 0 Å². The molecule has 136 valence electrons. The first-order valence-electron chi connectivity index (χ1n) is 8.52. The van der Waals surface area contributed by atoms with Crippen LogP contribution < -0.4 is 4.74 Å². The van der Waals surface area contributed by atoms with E-state index in [4.69, 9.17) is 4.74 Å². The second-order valence-electron chi connectivity index (χ2n) is 6.29. The molecule has 0 saturated heterocycles. The summed E-state index contributed by atoms with van der Waals surface area (Å²) in [6, 6.07) is 19.7. The summed E-state index contributed by atoms with van der Waals surface area (Å²) in [5, 5.41) is 8.05. The summed E-state index contributed by atoms with van der Waals surface area (Å²) < 4.78 is 7.94. The monoisotopic (exact) mass is 486 g/mol. The van der Waals surface area contributed by atoms with E-state index in [2.05, 4.69) is 37.0 Å². The average Bonchev–Trinajstić information content (AvgIpc) is 3.06. The standard InChI is InChI=1S/C21H16Br2N2O2/c1-13(25-20(26)12-18(24-25)14-5-3-2-4-6-14)27-19-10-7-15-11-16(22)8-9-17(15)21(19)23/h2-11,13H,12H2,1H3. The number of ether oxygens (including phenoxy) is 1. The van der Waals surface area contributed by atoms with E-state index in [1.807, 2.05) is 67.6 Å². The normalized spacial score (nSPS) is 15.1. The topological polar surface area (TPSA) is 41.9 Å². The summed E-state index contributed by atoms with van der Waals surface area (Å²) >= 11 is 7.11. The van der Waals surface area contributed by atoms with Crippen LogP contribution >= 0.6 is 31.9 Å². The smallest absolute Gasteiger partial charge is 0.252 e. The number of carbonyl (C=O) groups is 1. The number of amides is 1. The van der Waals surface area contributed by atoms with Gasteiger partial charge in [-0.25, -0.2) is 0 Å². The minimum Gasteiger partial charge on any atom is -0.468 e. The Morgan fingerprint density at radius 2 is 1.85 bits per heavy atom. The quantitative estimate of drug-likeness (QED) is 0.471. The van der Waals surface area contributed by atoms with Gasteiger partial charge in [-0.3, -0.25) is 4.79 Å². The maximum atomic E-state index is 12.4. The number of hydrogen-bond donors (Lipinski definition) is 0. The van der Waals surface area contributed by atoms with E-state index in [9.17, 15) is 4.79 Å². The van der Waals surface area contributed by atoms with E-state index < -0.39 is 6.23 Å². The van der Waals surface area contributed by atoms with Gasteiger partial charge in [-0.15, -0.1) is 0 Å². The van der Waals surface area contributed by atoms with Gasteiger partial charge in [0.25, 0.3) is 5.91 Å². The van der Waals surface area contributed by atoms with Crippen molar-refractivity contribution in [2.45, 2.75) is 19.6 Å². The van der Waals surface area contributed by atoms with Crippen molar-refractivity contribution < 1.29 is 9.53 Å². The fourth-order valence-electron chi connectivity index (χ4n) is 3.09. The first-order valence-corrected chi connectivity index (χ1v) is 10.1. The molecule has 3 aromatic rings. The van der Waals surface area contributed by atoms with Crippen LogP contribution in [0.1, 0.15) is 18.9 Å². The first-order chi connectivity index (χ1) is 13.0. The number of hydrazone groups is 1. The molecule has 0 fully saturated rings. The van der Waals surface area contributed by atoms with E-state index in [1.54, 1.807) is 0 Å². The summed E-state index contributed by atoms with van der Waals surface area (Å²) in [6.45, 7) is 1.83. The van der Waals surface area contributed by atoms with Crippen LogP contribution in [0.25, 0.3) is 10.8 Å². The predicted molar refractivity (Wildman–Crippen MR) is 114 cm³/mol. The van der Waals surface area contributed by atoms with Gasteiger partial charge in [-0.2, -0.15) is 10.1 Å². The zero-order chi connectivity index (χ0) is 19.0. The Morgan fingerprint density at radius 3 is 2.63 bits per heavy atom. The van der Waals surface area contributed by atoms with Crippen molar-refractivity contribution >= 4 is 54.3 Å². The highest BCUT2D eigenvalue weighted by Gasteiger charge is 2.30. The fourth-order valence-corrected chi connectivity index (χ4v) is 4.05. The van der Waals surface area contributed by atoms with E-state index >= 15 is 0 Å². The Hall–Kier alpha value is -2.18. The molecule has 1 unspecified atom stereocenters. The molecule has 4 rings (SSSR count). The van der Waals surface area contributed by atoms with Crippen molar-refractivity contribution in [2.24, 2.45) is 5.10 Å². The van der Waals surface area contributed by atoms with Gasteiger partial charge in [-0.1, -0.05) is 58.4 Å². The van der Waals surface area contributed by atoms with E-state index in [-0.39, 0.29) is 12.3 Å². The number of fused-ring (bicyclic) bond motifs is 1. The summed E-state index contributed by atoms with van der Waals surface area (Å²) in [5.74, 6) is 0.607. The maximum absolute atomic E-state index is 12.4. The van der Waals surface area contributed by atoms with E-state index in [0.29, 0.717) is 5.75 Å². The molecule has 0 spiro atoms. The molecule has 27 heavy (non-hydrogen) atoms.